The van der Waals surface area contributed by atoms with Gasteiger partial charge >= 0.3 is 5.97 Å². The molecule has 0 aliphatic rings. The van der Waals surface area contributed by atoms with Crippen molar-refractivity contribution in [3.8, 4) is 5.75 Å². The first-order valence-corrected chi connectivity index (χ1v) is 7.11. The number of hydrogen-bond donors (Lipinski definition) is 2. The number of aromatic nitrogens is 1. The van der Waals surface area contributed by atoms with Gasteiger partial charge in [0.25, 0.3) is 0 Å². The first-order chi connectivity index (χ1) is 10.5. The maximum Gasteiger partial charge on any atom is 0.303 e. The molecule has 1 aromatic heterocycles. The van der Waals surface area contributed by atoms with Gasteiger partial charge in [0.15, 0.2) is 0 Å². The summed E-state index contributed by atoms with van der Waals surface area (Å²) in [5, 5.41) is 9.59. The summed E-state index contributed by atoms with van der Waals surface area (Å²) in [5.74, 6) is -0.130. The van der Waals surface area contributed by atoms with Gasteiger partial charge in [0.1, 0.15) is 5.75 Å². The summed E-state index contributed by atoms with van der Waals surface area (Å²) in [7, 11) is 3.30. The molecule has 0 fully saturated rings. The summed E-state index contributed by atoms with van der Waals surface area (Å²) in [6.45, 7) is 0.441. The molecule has 0 bridgehead atoms. The van der Waals surface area contributed by atoms with Crippen molar-refractivity contribution in [2.45, 2.75) is 19.3 Å². The fourth-order valence-electron chi connectivity index (χ4n) is 2.32. The zero-order chi connectivity index (χ0) is 16.1. The molecule has 2 aromatic rings. The van der Waals surface area contributed by atoms with Crippen LogP contribution < -0.4 is 4.74 Å². The van der Waals surface area contributed by atoms with Gasteiger partial charge in [-0.25, -0.2) is 0 Å². The molecule has 1 heterocycles. The Morgan fingerprint density at radius 2 is 2.14 bits per heavy atom. The number of carbonyl (C=O) groups is 2. The second kappa shape index (κ2) is 6.98. The lowest BCUT2D eigenvalue weighted by molar-refractivity contribution is -0.138. The Labute approximate surface area is 128 Å². The highest BCUT2D eigenvalue weighted by molar-refractivity contribution is 5.89. The van der Waals surface area contributed by atoms with Crippen LogP contribution in [0.5, 0.6) is 5.75 Å². The van der Waals surface area contributed by atoms with E-state index >= 15 is 0 Å². The number of benzene rings is 1. The molecule has 2 rings (SSSR count). The smallest absolute Gasteiger partial charge is 0.303 e. The lowest BCUT2D eigenvalue weighted by atomic mass is 10.1. The van der Waals surface area contributed by atoms with E-state index in [4.69, 9.17) is 9.84 Å². The van der Waals surface area contributed by atoms with Gasteiger partial charge < -0.3 is 19.7 Å². The van der Waals surface area contributed by atoms with E-state index in [-0.39, 0.29) is 18.7 Å². The van der Waals surface area contributed by atoms with Crippen LogP contribution >= 0.6 is 0 Å². The number of carboxylic acids is 1. The molecule has 0 radical (unpaired) electrons. The van der Waals surface area contributed by atoms with Crippen molar-refractivity contribution in [3.63, 3.8) is 0 Å². The Morgan fingerprint density at radius 1 is 1.36 bits per heavy atom. The number of aromatic amines is 1. The standard InChI is InChI=1S/C16H20N2O4/c1-18(7-3-4-16(20)21)15(19)8-11-10-17-14-6-5-12(22-2)9-13(11)14/h5-6,9-10,17H,3-4,7-8H2,1-2H3,(H,20,21). The van der Waals surface area contributed by atoms with Gasteiger partial charge in [-0.3, -0.25) is 9.59 Å². The number of nitrogens with one attached hydrogen (secondary N) is 1. The van der Waals surface area contributed by atoms with Gasteiger partial charge in [0.05, 0.1) is 13.5 Å². The van der Waals surface area contributed by atoms with E-state index in [1.807, 2.05) is 24.4 Å². The third kappa shape index (κ3) is 3.78. The SMILES string of the molecule is COc1ccc2[nH]cc(CC(=O)N(C)CCCC(=O)O)c2c1. The number of aliphatic carboxylic acids is 1. The van der Waals surface area contributed by atoms with Crippen molar-refractivity contribution in [3.05, 3.63) is 30.0 Å². The monoisotopic (exact) mass is 304 g/mol. The Hall–Kier alpha value is -2.50. The summed E-state index contributed by atoms with van der Waals surface area (Å²) in [6, 6.07) is 5.68. The highest BCUT2D eigenvalue weighted by Crippen LogP contribution is 2.24. The molecule has 118 valence electrons. The molecule has 0 saturated heterocycles. The second-order valence-electron chi connectivity index (χ2n) is 5.21. The first-order valence-electron chi connectivity index (χ1n) is 7.11. The van der Waals surface area contributed by atoms with Gasteiger partial charge in [0.2, 0.25) is 5.91 Å². The van der Waals surface area contributed by atoms with Gasteiger partial charge in [-0.05, 0) is 30.2 Å². The number of H-pyrrole nitrogens is 1. The van der Waals surface area contributed by atoms with Crippen LogP contribution in [-0.4, -0.2) is 47.6 Å². The number of nitrogens with zero attached hydrogens (tertiary/aromatic N) is 1. The van der Waals surface area contributed by atoms with Gasteiger partial charge in [0, 0.05) is 37.1 Å². The normalized spacial score (nSPS) is 10.6. The minimum atomic E-state index is -0.843. The number of carboxylic acid groups (broad SMARTS) is 1. The summed E-state index contributed by atoms with van der Waals surface area (Å²) >= 11 is 0. The van der Waals surface area contributed by atoms with Crippen LogP contribution in [0.15, 0.2) is 24.4 Å². The molecule has 0 saturated carbocycles. The number of ether oxygens (including phenoxy) is 1. The molecular formula is C16H20N2O4. The lowest BCUT2D eigenvalue weighted by Gasteiger charge is -2.16. The van der Waals surface area contributed by atoms with Crippen molar-refractivity contribution in [1.29, 1.82) is 0 Å². The average molecular weight is 304 g/mol. The highest BCUT2D eigenvalue weighted by Gasteiger charge is 2.13. The Bertz CT molecular complexity index is 678. The zero-order valence-electron chi connectivity index (χ0n) is 12.8. The molecule has 1 amide bonds. The maximum absolute atomic E-state index is 12.2. The number of likely N-dealkylation sites (N-methyl/N-ethyl adjacent to an activating group) is 1. The van der Waals surface area contributed by atoms with E-state index in [0.29, 0.717) is 13.0 Å². The van der Waals surface area contributed by atoms with E-state index in [1.54, 1.807) is 19.1 Å². The quantitative estimate of drug-likeness (QED) is 0.820. The van der Waals surface area contributed by atoms with Gasteiger partial charge in [-0.15, -0.1) is 0 Å². The van der Waals surface area contributed by atoms with E-state index in [2.05, 4.69) is 4.98 Å². The molecule has 0 aliphatic heterocycles. The fourth-order valence-corrected chi connectivity index (χ4v) is 2.32. The zero-order valence-corrected chi connectivity index (χ0v) is 12.8. The minimum Gasteiger partial charge on any atom is -0.497 e. The maximum atomic E-state index is 12.2. The van der Waals surface area contributed by atoms with E-state index in [1.165, 1.54) is 0 Å². The van der Waals surface area contributed by atoms with Crippen molar-refractivity contribution >= 4 is 22.8 Å². The number of rotatable bonds is 7. The predicted octanol–water partition coefficient (Wildman–Crippen LogP) is 2.04. The third-order valence-corrected chi connectivity index (χ3v) is 3.63. The lowest BCUT2D eigenvalue weighted by Crippen LogP contribution is -2.29. The van der Waals surface area contributed by atoms with Crippen LogP contribution in [0, 0.1) is 0 Å². The first kappa shape index (κ1) is 15.9. The number of hydrogen-bond acceptors (Lipinski definition) is 3. The molecule has 6 heteroatoms. The second-order valence-corrected chi connectivity index (χ2v) is 5.21. The van der Waals surface area contributed by atoms with Crippen LogP contribution in [0.3, 0.4) is 0 Å². The molecular weight excluding hydrogens is 284 g/mol. The number of amides is 1. The molecule has 0 spiro atoms. The van der Waals surface area contributed by atoms with E-state index < -0.39 is 5.97 Å². The van der Waals surface area contributed by atoms with E-state index in [0.717, 1.165) is 22.2 Å². The Morgan fingerprint density at radius 3 is 2.82 bits per heavy atom. The molecule has 2 N–H and O–H groups in total. The Balaban J connectivity index is 2.03. The van der Waals surface area contributed by atoms with Crippen LogP contribution in [-0.2, 0) is 16.0 Å². The van der Waals surface area contributed by atoms with Crippen molar-refractivity contribution in [2.24, 2.45) is 0 Å². The molecule has 6 nitrogen and oxygen atoms in total. The molecule has 0 atom stereocenters. The predicted molar refractivity (Wildman–Crippen MR) is 83.1 cm³/mol. The van der Waals surface area contributed by atoms with Crippen LogP contribution in [0.2, 0.25) is 0 Å². The molecule has 0 unspecified atom stereocenters. The Kier molecular flexibility index (Phi) is 5.04. The van der Waals surface area contributed by atoms with Crippen LogP contribution in [0.25, 0.3) is 10.9 Å². The van der Waals surface area contributed by atoms with Crippen molar-refractivity contribution in [1.82, 2.24) is 9.88 Å². The topological polar surface area (TPSA) is 82.6 Å². The number of fused-ring (bicyclic) bond motifs is 1. The van der Waals surface area contributed by atoms with Crippen molar-refractivity contribution in [2.75, 3.05) is 20.7 Å². The summed E-state index contributed by atoms with van der Waals surface area (Å²) in [6.07, 6.45) is 2.63. The highest BCUT2D eigenvalue weighted by atomic mass is 16.5. The van der Waals surface area contributed by atoms with Gasteiger partial charge in [-0.2, -0.15) is 0 Å². The number of methoxy groups -OCH3 is 1. The average Bonchev–Trinajstić information content (AvgIpc) is 2.88. The van der Waals surface area contributed by atoms with Crippen LogP contribution in [0.1, 0.15) is 18.4 Å². The van der Waals surface area contributed by atoms with Crippen molar-refractivity contribution < 1.29 is 19.4 Å². The van der Waals surface area contributed by atoms with Crippen LogP contribution in [0.4, 0.5) is 0 Å². The summed E-state index contributed by atoms with van der Waals surface area (Å²) < 4.78 is 5.21. The van der Waals surface area contributed by atoms with Gasteiger partial charge in [-0.1, -0.05) is 0 Å². The minimum absolute atomic E-state index is 0.0332. The summed E-state index contributed by atoms with van der Waals surface area (Å²) in [4.78, 5) is 27.4. The fraction of sp³-hybridized carbons (Fsp3) is 0.375. The molecule has 0 aliphatic carbocycles. The summed E-state index contributed by atoms with van der Waals surface area (Å²) in [5.41, 5.74) is 1.86. The largest absolute Gasteiger partial charge is 0.497 e. The third-order valence-electron chi connectivity index (χ3n) is 3.63. The number of carbonyl (C=O) groups excluding carboxylic acids is 1. The molecule has 22 heavy (non-hydrogen) atoms. The molecule has 1 aromatic carbocycles. The van der Waals surface area contributed by atoms with E-state index in [9.17, 15) is 9.59 Å².